The fraction of sp³-hybridized carbons (Fsp3) is 0.500. The highest BCUT2D eigenvalue weighted by molar-refractivity contribution is 7.91. The van der Waals surface area contributed by atoms with Gasteiger partial charge in [0.25, 0.3) is 0 Å². The summed E-state index contributed by atoms with van der Waals surface area (Å²) in [5.41, 5.74) is 7.36. The average Bonchev–Trinajstić information content (AvgIpc) is 2.22. The Kier molecular flexibility index (Phi) is 4.50. The topological polar surface area (TPSA) is 60.2 Å². The van der Waals surface area contributed by atoms with E-state index in [4.69, 9.17) is 5.73 Å². The first-order valence-corrected chi connectivity index (χ1v) is 7.19. The second-order valence-corrected chi connectivity index (χ2v) is 6.28. The maximum atomic E-state index is 12.0. The van der Waals surface area contributed by atoms with Gasteiger partial charge in [0.05, 0.1) is 11.0 Å². The lowest BCUT2D eigenvalue weighted by molar-refractivity contribution is 0.575. The van der Waals surface area contributed by atoms with E-state index in [0.29, 0.717) is 6.42 Å². The van der Waals surface area contributed by atoms with Gasteiger partial charge in [0, 0.05) is 6.54 Å². The van der Waals surface area contributed by atoms with Crippen molar-refractivity contribution in [3.63, 3.8) is 0 Å². The number of nitrogens with two attached hydrogens (primary N) is 1. The Balaban J connectivity index is 2.93. The lowest BCUT2D eigenvalue weighted by Crippen LogP contribution is -2.30. The van der Waals surface area contributed by atoms with Crippen LogP contribution in [0.3, 0.4) is 0 Å². The van der Waals surface area contributed by atoms with Crippen LogP contribution in [0.4, 0.5) is 0 Å². The summed E-state index contributed by atoms with van der Waals surface area (Å²) >= 11 is 0. The highest BCUT2D eigenvalue weighted by Crippen LogP contribution is 2.16. The first-order valence-electron chi connectivity index (χ1n) is 5.47. The van der Waals surface area contributed by atoms with Crippen molar-refractivity contribution in [2.45, 2.75) is 31.3 Å². The molecule has 0 saturated carbocycles. The van der Waals surface area contributed by atoms with Gasteiger partial charge in [-0.3, -0.25) is 0 Å². The standard InChI is InChI=1S/C12H19NO2S/c1-3-12(8-13)16(14,15)9-11-7-5-4-6-10(11)2/h4-7,12H,3,8-9,13H2,1-2H3. The summed E-state index contributed by atoms with van der Waals surface area (Å²) in [4.78, 5) is 0. The molecular weight excluding hydrogens is 222 g/mol. The number of hydrogen-bond donors (Lipinski definition) is 1. The zero-order valence-corrected chi connectivity index (χ0v) is 10.6. The molecule has 0 fully saturated rings. The molecule has 0 aromatic heterocycles. The van der Waals surface area contributed by atoms with Gasteiger partial charge >= 0.3 is 0 Å². The molecule has 1 rings (SSSR count). The van der Waals surface area contributed by atoms with Crippen molar-refractivity contribution in [3.8, 4) is 0 Å². The first-order chi connectivity index (χ1) is 7.51. The van der Waals surface area contributed by atoms with Crippen LogP contribution in [-0.2, 0) is 15.6 Å². The van der Waals surface area contributed by atoms with Gasteiger partial charge in [-0.15, -0.1) is 0 Å². The minimum Gasteiger partial charge on any atom is -0.329 e. The van der Waals surface area contributed by atoms with E-state index in [1.54, 1.807) is 0 Å². The number of aryl methyl sites for hydroxylation is 1. The maximum Gasteiger partial charge on any atom is 0.158 e. The van der Waals surface area contributed by atoms with Crippen molar-refractivity contribution in [3.05, 3.63) is 35.4 Å². The van der Waals surface area contributed by atoms with Gasteiger partial charge in [0.1, 0.15) is 0 Å². The molecule has 90 valence electrons. The first kappa shape index (κ1) is 13.2. The van der Waals surface area contributed by atoms with Crippen molar-refractivity contribution >= 4 is 9.84 Å². The molecule has 0 saturated heterocycles. The molecule has 2 N–H and O–H groups in total. The summed E-state index contributed by atoms with van der Waals surface area (Å²) in [5.74, 6) is 0.0926. The van der Waals surface area contributed by atoms with Gasteiger partial charge in [-0.25, -0.2) is 8.42 Å². The zero-order chi connectivity index (χ0) is 12.2. The number of hydrogen-bond acceptors (Lipinski definition) is 3. The third kappa shape index (κ3) is 3.06. The highest BCUT2D eigenvalue weighted by atomic mass is 32.2. The third-order valence-corrected chi connectivity index (χ3v) is 5.10. The molecular formula is C12H19NO2S. The lowest BCUT2D eigenvalue weighted by Gasteiger charge is -2.14. The highest BCUT2D eigenvalue weighted by Gasteiger charge is 2.23. The average molecular weight is 241 g/mol. The van der Waals surface area contributed by atoms with E-state index in [2.05, 4.69) is 0 Å². The van der Waals surface area contributed by atoms with Crippen molar-refractivity contribution in [2.24, 2.45) is 5.73 Å². The van der Waals surface area contributed by atoms with Gasteiger partial charge < -0.3 is 5.73 Å². The van der Waals surface area contributed by atoms with Crippen LogP contribution in [0, 0.1) is 6.92 Å². The van der Waals surface area contributed by atoms with E-state index >= 15 is 0 Å². The summed E-state index contributed by atoms with van der Waals surface area (Å²) < 4.78 is 24.1. The Labute approximate surface area is 97.6 Å². The Hall–Kier alpha value is -0.870. The predicted octanol–water partition coefficient (Wildman–Crippen LogP) is 1.65. The van der Waals surface area contributed by atoms with Gasteiger partial charge in [-0.1, -0.05) is 31.2 Å². The minimum absolute atomic E-state index is 0.0926. The molecule has 0 heterocycles. The van der Waals surface area contributed by atoms with E-state index in [9.17, 15) is 8.42 Å². The fourth-order valence-corrected chi connectivity index (χ4v) is 3.47. The second kappa shape index (κ2) is 5.46. The molecule has 0 aliphatic rings. The van der Waals surface area contributed by atoms with Crippen LogP contribution in [-0.4, -0.2) is 20.2 Å². The quantitative estimate of drug-likeness (QED) is 0.852. The third-order valence-electron chi connectivity index (χ3n) is 2.84. The van der Waals surface area contributed by atoms with Crippen molar-refractivity contribution in [2.75, 3.05) is 6.54 Å². The lowest BCUT2D eigenvalue weighted by atomic mass is 10.1. The van der Waals surface area contributed by atoms with E-state index in [0.717, 1.165) is 11.1 Å². The summed E-state index contributed by atoms with van der Waals surface area (Å²) in [5, 5.41) is -0.424. The summed E-state index contributed by atoms with van der Waals surface area (Å²) in [7, 11) is -3.12. The largest absolute Gasteiger partial charge is 0.329 e. The Morgan fingerprint density at radius 2 is 1.94 bits per heavy atom. The molecule has 0 spiro atoms. The van der Waals surface area contributed by atoms with E-state index in [1.807, 2.05) is 38.1 Å². The second-order valence-electron chi connectivity index (χ2n) is 4.00. The molecule has 1 aromatic carbocycles. The molecule has 1 unspecified atom stereocenters. The smallest absolute Gasteiger partial charge is 0.158 e. The normalized spacial score (nSPS) is 13.7. The van der Waals surface area contributed by atoms with Crippen LogP contribution in [0.25, 0.3) is 0 Å². The van der Waals surface area contributed by atoms with E-state index in [1.165, 1.54) is 0 Å². The Morgan fingerprint density at radius 1 is 1.31 bits per heavy atom. The monoisotopic (exact) mass is 241 g/mol. The van der Waals surface area contributed by atoms with E-state index < -0.39 is 15.1 Å². The number of benzene rings is 1. The van der Waals surface area contributed by atoms with Crippen LogP contribution in [0.15, 0.2) is 24.3 Å². The minimum atomic E-state index is -3.12. The molecule has 4 heteroatoms. The van der Waals surface area contributed by atoms with Crippen LogP contribution in [0.1, 0.15) is 24.5 Å². The van der Waals surface area contributed by atoms with Crippen LogP contribution >= 0.6 is 0 Å². The molecule has 16 heavy (non-hydrogen) atoms. The molecule has 0 aliphatic heterocycles. The summed E-state index contributed by atoms with van der Waals surface area (Å²) in [6.45, 7) is 3.98. The van der Waals surface area contributed by atoms with Crippen molar-refractivity contribution in [1.82, 2.24) is 0 Å². The van der Waals surface area contributed by atoms with Crippen molar-refractivity contribution < 1.29 is 8.42 Å². The SMILES string of the molecule is CCC(CN)S(=O)(=O)Cc1ccccc1C. The van der Waals surface area contributed by atoms with Gasteiger partial charge in [0.2, 0.25) is 0 Å². The van der Waals surface area contributed by atoms with Crippen LogP contribution in [0.2, 0.25) is 0 Å². The van der Waals surface area contributed by atoms with Gasteiger partial charge in [-0.2, -0.15) is 0 Å². The number of sulfone groups is 1. The fourth-order valence-electron chi connectivity index (χ4n) is 1.67. The van der Waals surface area contributed by atoms with E-state index in [-0.39, 0.29) is 12.3 Å². The number of rotatable bonds is 5. The summed E-state index contributed by atoms with van der Waals surface area (Å²) in [6.07, 6.45) is 0.574. The summed E-state index contributed by atoms with van der Waals surface area (Å²) in [6, 6.07) is 7.55. The molecule has 1 atom stereocenters. The van der Waals surface area contributed by atoms with Crippen molar-refractivity contribution in [1.29, 1.82) is 0 Å². The Bertz CT molecular complexity index is 436. The maximum absolute atomic E-state index is 12.0. The molecule has 0 amide bonds. The molecule has 3 nitrogen and oxygen atoms in total. The molecule has 0 radical (unpaired) electrons. The predicted molar refractivity (Wildman–Crippen MR) is 66.9 cm³/mol. The zero-order valence-electron chi connectivity index (χ0n) is 9.81. The molecule has 0 bridgehead atoms. The molecule has 0 aliphatic carbocycles. The van der Waals surface area contributed by atoms with Crippen LogP contribution < -0.4 is 5.73 Å². The van der Waals surface area contributed by atoms with Gasteiger partial charge in [-0.05, 0) is 24.5 Å². The molecule has 1 aromatic rings. The Morgan fingerprint density at radius 3 is 2.44 bits per heavy atom. The van der Waals surface area contributed by atoms with Gasteiger partial charge in [0.15, 0.2) is 9.84 Å². The van der Waals surface area contributed by atoms with Crippen LogP contribution in [0.5, 0.6) is 0 Å².